The molecule has 0 aliphatic heterocycles. The first-order chi connectivity index (χ1) is 19.8. The van der Waals surface area contributed by atoms with Gasteiger partial charge < -0.3 is 4.57 Å². The molecule has 0 aliphatic rings. The first-order valence-corrected chi connectivity index (χ1v) is 16.1. The number of imidazole rings is 1. The van der Waals surface area contributed by atoms with Crippen LogP contribution in [0.15, 0.2) is 140 Å². The number of hydrogen-bond donors (Lipinski definition) is 0. The van der Waals surface area contributed by atoms with E-state index in [1.165, 1.54) is 39.7 Å². The maximum Gasteiger partial charge on any atom is 0.241 e. The summed E-state index contributed by atoms with van der Waals surface area (Å²) in [6.07, 6.45) is 12.2. The molecule has 1 heterocycles. The van der Waals surface area contributed by atoms with Gasteiger partial charge in [-0.2, -0.15) is 0 Å². The number of nitrogens with zero attached hydrogens (tertiary/aromatic N) is 2. The van der Waals surface area contributed by atoms with E-state index in [1.54, 1.807) is 0 Å². The molecular formula is C36H36BN2Si. The van der Waals surface area contributed by atoms with E-state index < -0.39 is 0 Å². The Labute approximate surface area is 242 Å². The van der Waals surface area contributed by atoms with Gasteiger partial charge in [-0.25, -0.2) is 0 Å². The largest absolute Gasteiger partial charge is 0.347 e. The second-order valence-corrected chi connectivity index (χ2v) is 12.7. The van der Waals surface area contributed by atoms with Crippen molar-refractivity contribution in [2.75, 3.05) is 0 Å². The van der Waals surface area contributed by atoms with Gasteiger partial charge in [-0.1, -0.05) is 158 Å². The Balaban J connectivity index is 1.23. The van der Waals surface area contributed by atoms with E-state index >= 15 is 0 Å². The number of allylic oxidation sites excluding steroid dienone is 1. The molecule has 197 valence electrons. The molecule has 0 aliphatic carbocycles. The summed E-state index contributed by atoms with van der Waals surface area (Å²) in [5.74, 6) is 0. The van der Waals surface area contributed by atoms with Crippen molar-refractivity contribution in [2.45, 2.75) is 31.5 Å². The maximum absolute atomic E-state index is 4.73. The standard InChI is InChI=1S/C36H36BN2Si/c1-29(15-14-24-34(31-18-8-3-9-19-31)32-20-10-4-11-21-32)40-28-39-26-25-38-36(39)37-35(33-22-12-5-13-23-33)27-30-16-6-2-7-17-30/h2-13,16-27,29H,14-15,28,40H2,1H3. The molecule has 4 heteroatoms. The molecule has 0 N–H and O–H groups in total. The lowest BCUT2D eigenvalue weighted by Gasteiger charge is -2.14. The molecule has 0 saturated carbocycles. The molecule has 5 rings (SSSR count). The zero-order valence-electron chi connectivity index (χ0n) is 23.2. The topological polar surface area (TPSA) is 17.8 Å². The molecule has 0 bridgehead atoms. The van der Waals surface area contributed by atoms with Crippen LogP contribution in [0.2, 0.25) is 5.54 Å². The molecule has 2 nitrogen and oxygen atoms in total. The van der Waals surface area contributed by atoms with E-state index in [0.29, 0.717) is 0 Å². The van der Waals surface area contributed by atoms with E-state index in [-0.39, 0.29) is 9.52 Å². The van der Waals surface area contributed by atoms with Crippen LogP contribution in [-0.2, 0) is 6.17 Å². The SMILES string of the molecule is CC(CCC=C(c1ccccc1)c1ccccc1)[SiH2]Cn1ccnc1[B]C(=Cc1ccccc1)c1ccccc1. The van der Waals surface area contributed by atoms with Crippen molar-refractivity contribution in [3.05, 3.63) is 162 Å². The van der Waals surface area contributed by atoms with E-state index in [2.05, 4.69) is 158 Å². The van der Waals surface area contributed by atoms with Crippen molar-refractivity contribution >= 4 is 39.6 Å². The van der Waals surface area contributed by atoms with Crippen LogP contribution in [0.1, 0.15) is 42.0 Å². The Bertz CT molecular complexity index is 1470. The Kier molecular flexibility index (Phi) is 9.80. The molecule has 1 atom stereocenters. The van der Waals surface area contributed by atoms with Crippen LogP contribution in [0.5, 0.6) is 0 Å². The van der Waals surface area contributed by atoms with Gasteiger partial charge in [0.2, 0.25) is 7.28 Å². The van der Waals surface area contributed by atoms with E-state index in [0.717, 1.165) is 23.9 Å². The molecule has 40 heavy (non-hydrogen) atoms. The number of benzene rings is 4. The van der Waals surface area contributed by atoms with Crippen molar-refractivity contribution in [2.24, 2.45) is 0 Å². The van der Waals surface area contributed by atoms with Gasteiger partial charge in [0, 0.05) is 28.1 Å². The molecule has 0 amide bonds. The molecule has 0 saturated heterocycles. The number of hydrogen-bond acceptors (Lipinski definition) is 1. The lowest BCUT2D eigenvalue weighted by Crippen LogP contribution is -2.29. The smallest absolute Gasteiger partial charge is 0.241 e. The van der Waals surface area contributed by atoms with E-state index in [4.69, 9.17) is 4.98 Å². The van der Waals surface area contributed by atoms with Crippen molar-refractivity contribution in [3.8, 4) is 0 Å². The average Bonchev–Trinajstić information content (AvgIpc) is 3.46. The molecule has 1 unspecified atom stereocenters. The minimum Gasteiger partial charge on any atom is -0.347 e. The fraction of sp³-hybridized carbons (Fsp3) is 0.139. The minimum absolute atomic E-state index is 0.325. The molecule has 0 spiro atoms. The zero-order valence-corrected chi connectivity index (χ0v) is 24.6. The Morgan fingerprint density at radius 1 is 0.775 bits per heavy atom. The van der Waals surface area contributed by atoms with Crippen LogP contribution in [0, 0.1) is 0 Å². The quantitative estimate of drug-likeness (QED) is 0.121. The Morgan fingerprint density at radius 2 is 1.32 bits per heavy atom. The van der Waals surface area contributed by atoms with Crippen molar-refractivity contribution in [1.29, 1.82) is 0 Å². The third-order valence-electron chi connectivity index (χ3n) is 7.30. The van der Waals surface area contributed by atoms with Gasteiger partial charge in [0.05, 0.1) is 5.72 Å². The van der Waals surface area contributed by atoms with Crippen LogP contribution in [0.3, 0.4) is 0 Å². The van der Waals surface area contributed by atoms with Crippen LogP contribution in [-0.4, -0.2) is 26.4 Å². The summed E-state index contributed by atoms with van der Waals surface area (Å²) in [6, 6.07) is 42.6. The molecule has 1 aromatic heterocycles. The summed E-state index contributed by atoms with van der Waals surface area (Å²) >= 11 is 0. The van der Waals surface area contributed by atoms with Gasteiger partial charge in [-0.15, -0.1) is 0 Å². The molecule has 4 aromatic carbocycles. The first-order valence-electron chi connectivity index (χ1n) is 14.3. The van der Waals surface area contributed by atoms with Gasteiger partial charge in [0.25, 0.3) is 0 Å². The van der Waals surface area contributed by atoms with Gasteiger partial charge in [0.15, 0.2) is 0 Å². The lowest BCUT2D eigenvalue weighted by atomic mass is 9.65. The van der Waals surface area contributed by atoms with Gasteiger partial charge in [-0.3, -0.25) is 4.98 Å². The summed E-state index contributed by atoms with van der Waals surface area (Å²) in [5.41, 5.74) is 9.25. The second kappa shape index (κ2) is 14.3. The summed E-state index contributed by atoms with van der Waals surface area (Å²) in [7, 11) is 1.91. The van der Waals surface area contributed by atoms with Crippen molar-refractivity contribution in [3.63, 3.8) is 0 Å². The third-order valence-corrected chi connectivity index (χ3v) is 9.44. The van der Waals surface area contributed by atoms with Crippen molar-refractivity contribution < 1.29 is 0 Å². The Morgan fingerprint density at radius 3 is 1.93 bits per heavy atom. The second-order valence-electron chi connectivity index (χ2n) is 10.3. The van der Waals surface area contributed by atoms with Crippen LogP contribution in [0.4, 0.5) is 0 Å². The molecule has 1 radical (unpaired) electrons. The predicted molar refractivity (Wildman–Crippen MR) is 176 cm³/mol. The third kappa shape index (κ3) is 7.71. The highest BCUT2D eigenvalue weighted by Gasteiger charge is 2.12. The molecule has 0 fully saturated rings. The maximum atomic E-state index is 4.73. The highest BCUT2D eigenvalue weighted by atomic mass is 28.2. The average molecular weight is 536 g/mol. The van der Waals surface area contributed by atoms with Crippen LogP contribution in [0.25, 0.3) is 17.1 Å². The fourth-order valence-electron chi connectivity index (χ4n) is 5.01. The monoisotopic (exact) mass is 535 g/mol. The van der Waals surface area contributed by atoms with E-state index in [9.17, 15) is 0 Å². The van der Waals surface area contributed by atoms with Gasteiger partial charge in [-0.05, 0) is 34.2 Å². The van der Waals surface area contributed by atoms with Crippen LogP contribution >= 0.6 is 0 Å². The van der Waals surface area contributed by atoms with Crippen LogP contribution < -0.4 is 5.72 Å². The van der Waals surface area contributed by atoms with Crippen molar-refractivity contribution in [1.82, 2.24) is 9.55 Å². The lowest BCUT2D eigenvalue weighted by molar-refractivity contribution is 0.780. The molecule has 5 aromatic rings. The minimum atomic E-state index is -0.325. The normalized spacial score (nSPS) is 12.4. The summed E-state index contributed by atoms with van der Waals surface area (Å²) < 4.78 is 2.35. The number of rotatable bonds is 12. The summed E-state index contributed by atoms with van der Waals surface area (Å²) in [6.45, 7) is 2.43. The van der Waals surface area contributed by atoms with Gasteiger partial charge in [0.1, 0.15) is 0 Å². The number of aromatic nitrogens is 2. The summed E-state index contributed by atoms with van der Waals surface area (Å²) in [5, 5.41) is 0. The highest BCUT2D eigenvalue weighted by Crippen LogP contribution is 2.25. The van der Waals surface area contributed by atoms with Gasteiger partial charge >= 0.3 is 0 Å². The predicted octanol–water partition coefficient (Wildman–Crippen LogP) is 7.26. The fourth-order valence-corrected chi connectivity index (χ4v) is 6.63. The highest BCUT2D eigenvalue weighted by molar-refractivity contribution is 6.73. The zero-order chi connectivity index (χ0) is 27.4. The van der Waals surface area contributed by atoms with E-state index in [1.807, 2.05) is 6.20 Å². The summed E-state index contributed by atoms with van der Waals surface area (Å²) in [4.78, 5) is 4.73. The molecular weight excluding hydrogens is 499 g/mol. The Hall–Kier alpha value is -4.15. The first kappa shape index (κ1) is 27.4.